The summed E-state index contributed by atoms with van der Waals surface area (Å²) in [6.45, 7) is 5.01. The van der Waals surface area contributed by atoms with E-state index in [0.717, 1.165) is 10.4 Å². The Hall–Kier alpha value is -3.63. The molecule has 3 heterocycles. The number of aromatic nitrogens is 2. The number of thioether (sulfide) groups is 1. The number of hydrogen-bond acceptors (Lipinski definition) is 7. The number of nitrogens with one attached hydrogen (secondary N) is 1. The van der Waals surface area contributed by atoms with Crippen LogP contribution in [0.3, 0.4) is 0 Å². The summed E-state index contributed by atoms with van der Waals surface area (Å²) in [7, 11) is 0. The highest BCUT2D eigenvalue weighted by Gasteiger charge is 2.26. The zero-order valence-corrected chi connectivity index (χ0v) is 22.2. The molecule has 5 rings (SSSR count). The lowest BCUT2D eigenvalue weighted by Gasteiger charge is -2.25. The summed E-state index contributed by atoms with van der Waals surface area (Å²) >= 11 is 2.66. The van der Waals surface area contributed by atoms with Crippen molar-refractivity contribution in [1.29, 1.82) is 0 Å². The lowest BCUT2D eigenvalue weighted by atomic mass is 10.1. The Kier molecular flexibility index (Phi) is 7.29. The zero-order chi connectivity index (χ0) is 25.9. The van der Waals surface area contributed by atoms with Gasteiger partial charge in [-0.3, -0.25) is 19.0 Å². The molecule has 0 fully saturated rings. The Morgan fingerprint density at radius 2 is 1.89 bits per heavy atom. The number of benzene rings is 2. The number of nitrogens with zero attached hydrogens (tertiary/aromatic N) is 3. The molecule has 4 aromatic rings. The second-order valence-electron chi connectivity index (χ2n) is 8.51. The number of rotatable bonds is 7. The van der Waals surface area contributed by atoms with Gasteiger partial charge in [-0.1, -0.05) is 42.1 Å². The molecule has 1 aliphatic rings. The first-order valence-electron chi connectivity index (χ1n) is 12.0. The Labute approximate surface area is 222 Å². The third kappa shape index (κ3) is 5.12. The summed E-state index contributed by atoms with van der Waals surface area (Å²) in [4.78, 5) is 46.9. The normalized spacial score (nSPS) is 12.9. The maximum Gasteiger partial charge on any atom is 0.267 e. The molecule has 0 spiro atoms. The molecule has 1 N–H and O–H groups in total. The van der Waals surface area contributed by atoms with Crippen molar-refractivity contribution < 1.29 is 14.3 Å². The molecule has 2 amide bonds. The second kappa shape index (κ2) is 10.8. The van der Waals surface area contributed by atoms with Crippen molar-refractivity contribution in [1.82, 2.24) is 14.5 Å². The maximum absolute atomic E-state index is 13.9. The van der Waals surface area contributed by atoms with Crippen molar-refractivity contribution >= 4 is 50.8 Å². The average Bonchev–Trinajstić information content (AvgIpc) is 3.27. The summed E-state index contributed by atoms with van der Waals surface area (Å²) in [6, 6.07) is 16.6. The molecule has 8 nitrogen and oxygen atoms in total. The van der Waals surface area contributed by atoms with Crippen molar-refractivity contribution in [3.05, 3.63) is 75.4 Å². The summed E-state index contributed by atoms with van der Waals surface area (Å²) in [5.74, 6) is 0.460. The van der Waals surface area contributed by atoms with E-state index >= 15 is 0 Å². The van der Waals surface area contributed by atoms with Crippen molar-refractivity contribution in [3.8, 4) is 11.4 Å². The molecule has 0 atom stereocenters. The molecule has 2 aromatic heterocycles. The van der Waals surface area contributed by atoms with Gasteiger partial charge in [0.2, 0.25) is 11.8 Å². The number of thiophene rings is 1. The molecule has 0 bridgehead atoms. The third-order valence-electron chi connectivity index (χ3n) is 6.10. The Morgan fingerprint density at radius 3 is 2.65 bits per heavy atom. The number of carbonyl (C=O) groups is 2. The van der Waals surface area contributed by atoms with E-state index in [9.17, 15) is 14.4 Å². The van der Waals surface area contributed by atoms with Gasteiger partial charge in [0.15, 0.2) is 5.16 Å². The number of para-hydroxylation sites is 3. The van der Waals surface area contributed by atoms with Crippen LogP contribution in [-0.2, 0) is 22.6 Å². The second-order valence-corrected chi connectivity index (χ2v) is 10.5. The molecule has 2 aromatic carbocycles. The predicted molar refractivity (Wildman–Crippen MR) is 147 cm³/mol. The SMILES string of the molecule is CCOc1ccccc1NC(=O)CSc1nc2sc3c(c2c(=O)n1-c1ccccc1)CCN(C(C)=O)C3. The average molecular weight is 535 g/mol. The van der Waals surface area contributed by atoms with Gasteiger partial charge in [-0.05, 0) is 43.2 Å². The van der Waals surface area contributed by atoms with Crippen LogP contribution in [0.5, 0.6) is 5.75 Å². The fourth-order valence-corrected chi connectivity index (χ4v) is 6.45. The number of anilines is 1. The quantitative estimate of drug-likeness (QED) is 0.278. The molecular formula is C27H26N4O4S2. The van der Waals surface area contributed by atoms with E-state index in [1.54, 1.807) is 28.5 Å². The van der Waals surface area contributed by atoms with Crippen LogP contribution in [0.2, 0.25) is 0 Å². The molecule has 0 saturated heterocycles. The summed E-state index contributed by atoms with van der Waals surface area (Å²) in [6.07, 6.45) is 0.620. The molecule has 37 heavy (non-hydrogen) atoms. The predicted octanol–water partition coefficient (Wildman–Crippen LogP) is 4.48. The first-order chi connectivity index (χ1) is 18.0. The molecule has 190 valence electrons. The molecule has 0 saturated carbocycles. The molecule has 1 aliphatic heterocycles. The summed E-state index contributed by atoms with van der Waals surface area (Å²) < 4.78 is 7.18. The van der Waals surface area contributed by atoms with E-state index in [2.05, 4.69) is 5.32 Å². The first kappa shape index (κ1) is 25.0. The van der Waals surface area contributed by atoms with Crippen LogP contribution in [0.4, 0.5) is 5.69 Å². The Bertz CT molecular complexity index is 1530. The van der Waals surface area contributed by atoms with E-state index in [4.69, 9.17) is 9.72 Å². The lowest BCUT2D eigenvalue weighted by molar-refractivity contribution is -0.129. The fraction of sp³-hybridized carbons (Fsp3) is 0.259. The zero-order valence-electron chi connectivity index (χ0n) is 20.5. The number of ether oxygens (including phenoxy) is 1. The van der Waals surface area contributed by atoms with Crippen molar-refractivity contribution in [3.63, 3.8) is 0 Å². The van der Waals surface area contributed by atoms with Crippen LogP contribution in [0.15, 0.2) is 64.5 Å². The van der Waals surface area contributed by atoms with Gasteiger partial charge in [0.05, 0.1) is 35.7 Å². The first-order valence-corrected chi connectivity index (χ1v) is 13.8. The number of fused-ring (bicyclic) bond motifs is 3. The van der Waals surface area contributed by atoms with Crippen LogP contribution in [0.25, 0.3) is 15.9 Å². The van der Waals surface area contributed by atoms with Crippen LogP contribution in [-0.4, -0.2) is 45.2 Å². The van der Waals surface area contributed by atoms with Gasteiger partial charge >= 0.3 is 0 Å². The highest BCUT2D eigenvalue weighted by atomic mass is 32.2. The maximum atomic E-state index is 13.9. The Balaban J connectivity index is 1.49. The van der Waals surface area contributed by atoms with Crippen molar-refractivity contribution in [2.75, 3.05) is 24.2 Å². The summed E-state index contributed by atoms with van der Waals surface area (Å²) in [5.41, 5.74) is 2.10. The summed E-state index contributed by atoms with van der Waals surface area (Å²) in [5, 5.41) is 3.94. The molecule has 0 aliphatic carbocycles. The van der Waals surface area contributed by atoms with Crippen LogP contribution < -0.4 is 15.6 Å². The minimum Gasteiger partial charge on any atom is -0.492 e. The lowest BCUT2D eigenvalue weighted by Crippen LogP contribution is -2.34. The fourth-order valence-electron chi connectivity index (χ4n) is 4.36. The van der Waals surface area contributed by atoms with Crippen LogP contribution in [0, 0.1) is 0 Å². The van der Waals surface area contributed by atoms with Crippen LogP contribution >= 0.6 is 23.1 Å². The Morgan fingerprint density at radius 1 is 1.14 bits per heavy atom. The number of hydrogen-bond donors (Lipinski definition) is 1. The van der Waals surface area contributed by atoms with E-state index in [1.165, 1.54) is 23.1 Å². The van der Waals surface area contributed by atoms with E-state index in [1.807, 2.05) is 49.4 Å². The highest BCUT2D eigenvalue weighted by molar-refractivity contribution is 7.99. The van der Waals surface area contributed by atoms with E-state index in [0.29, 0.717) is 58.6 Å². The van der Waals surface area contributed by atoms with E-state index in [-0.39, 0.29) is 23.1 Å². The largest absolute Gasteiger partial charge is 0.492 e. The molecular weight excluding hydrogens is 508 g/mol. The van der Waals surface area contributed by atoms with Gasteiger partial charge in [-0.2, -0.15) is 0 Å². The third-order valence-corrected chi connectivity index (χ3v) is 8.15. The highest BCUT2D eigenvalue weighted by Crippen LogP contribution is 2.34. The molecule has 10 heteroatoms. The topological polar surface area (TPSA) is 93.5 Å². The van der Waals surface area contributed by atoms with E-state index < -0.39 is 0 Å². The smallest absolute Gasteiger partial charge is 0.267 e. The van der Waals surface area contributed by atoms with Gasteiger partial charge < -0.3 is 15.0 Å². The van der Waals surface area contributed by atoms with Crippen molar-refractivity contribution in [2.24, 2.45) is 0 Å². The monoisotopic (exact) mass is 534 g/mol. The standard InChI is InChI=1S/C27H26N4O4S2/c1-3-35-21-12-8-7-11-20(21)28-23(33)16-36-27-29-25-24(26(34)31(27)18-9-5-4-6-10-18)19-13-14-30(17(2)32)15-22(19)37-25/h4-12H,3,13-16H2,1-2H3,(H,28,33). The number of carbonyl (C=O) groups excluding carboxylic acids is 2. The molecule has 0 radical (unpaired) electrons. The minimum atomic E-state index is -0.228. The van der Waals surface area contributed by atoms with Crippen LogP contribution in [0.1, 0.15) is 24.3 Å². The van der Waals surface area contributed by atoms with Gasteiger partial charge in [-0.15, -0.1) is 11.3 Å². The van der Waals surface area contributed by atoms with Gasteiger partial charge in [-0.25, -0.2) is 4.98 Å². The molecule has 0 unspecified atom stereocenters. The van der Waals surface area contributed by atoms with Gasteiger partial charge in [0.1, 0.15) is 10.6 Å². The number of amides is 2. The minimum absolute atomic E-state index is 0.0194. The van der Waals surface area contributed by atoms with Crippen molar-refractivity contribution in [2.45, 2.75) is 32.0 Å². The van der Waals surface area contributed by atoms with Gasteiger partial charge in [0.25, 0.3) is 5.56 Å². The van der Waals surface area contributed by atoms with Gasteiger partial charge in [0, 0.05) is 18.3 Å².